The lowest BCUT2D eigenvalue weighted by Crippen LogP contribution is -2.40. The van der Waals surface area contributed by atoms with Crippen molar-refractivity contribution in [2.45, 2.75) is 96.2 Å². The van der Waals surface area contributed by atoms with Crippen LogP contribution in [0.5, 0.6) is 0 Å². The predicted molar refractivity (Wildman–Crippen MR) is 112 cm³/mol. The second kappa shape index (κ2) is 9.71. The van der Waals surface area contributed by atoms with Crippen LogP contribution in [0.25, 0.3) is 0 Å². The SMILES string of the molecule is CCC1(C(O)CCC[C@@H]2[C@@H](CCCc3ccc(C(=O)O)s3)CC[C@@H]2F)CCC1. The normalized spacial score (nSPS) is 27.5. The van der Waals surface area contributed by atoms with Crippen molar-refractivity contribution in [3.05, 3.63) is 21.9 Å². The molecule has 28 heavy (non-hydrogen) atoms. The van der Waals surface area contributed by atoms with Gasteiger partial charge in [0.15, 0.2) is 0 Å². The fourth-order valence-electron chi connectivity index (χ4n) is 5.44. The molecule has 2 fully saturated rings. The molecule has 0 saturated heterocycles. The van der Waals surface area contributed by atoms with Gasteiger partial charge in [-0.05, 0) is 93.6 Å². The van der Waals surface area contributed by atoms with Crippen LogP contribution in [-0.4, -0.2) is 28.5 Å². The molecule has 0 aromatic carbocycles. The Labute approximate surface area is 172 Å². The average molecular weight is 411 g/mol. The van der Waals surface area contributed by atoms with E-state index in [0.717, 1.165) is 69.1 Å². The van der Waals surface area contributed by atoms with Gasteiger partial charge in [-0.3, -0.25) is 0 Å². The quantitative estimate of drug-likeness (QED) is 0.454. The molecule has 2 aliphatic carbocycles. The van der Waals surface area contributed by atoms with Gasteiger partial charge in [-0.2, -0.15) is 0 Å². The van der Waals surface area contributed by atoms with E-state index in [0.29, 0.717) is 17.2 Å². The Morgan fingerprint density at radius 2 is 2.07 bits per heavy atom. The smallest absolute Gasteiger partial charge is 0.345 e. The first-order valence-electron chi connectivity index (χ1n) is 11.1. The van der Waals surface area contributed by atoms with Crippen LogP contribution in [0.15, 0.2) is 12.1 Å². The van der Waals surface area contributed by atoms with Gasteiger partial charge in [0.05, 0.1) is 6.10 Å². The third-order valence-corrected chi connectivity index (χ3v) is 8.66. The van der Waals surface area contributed by atoms with Gasteiger partial charge in [0.2, 0.25) is 0 Å². The number of carboxylic acids is 1. The van der Waals surface area contributed by atoms with E-state index in [-0.39, 0.29) is 17.4 Å². The van der Waals surface area contributed by atoms with Crippen LogP contribution in [0, 0.1) is 17.3 Å². The Kier molecular flexibility index (Phi) is 7.54. The van der Waals surface area contributed by atoms with E-state index in [9.17, 15) is 14.3 Å². The maximum atomic E-state index is 14.5. The lowest BCUT2D eigenvalue weighted by atomic mass is 9.62. The summed E-state index contributed by atoms with van der Waals surface area (Å²) in [5.74, 6) is -0.278. The first kappa shape index (κ1) is 21.8. The van der Waals surface area contributed by atoms with Crippen LogP contribution in [0.2, 0.25) is 0 Å². The second-order valence-corrected chi connectivity index (χ2v) is 10.2. The lowest BCUT2D eigenvalue weighted by Gasteiger charge is -2.45. The summed E-state index contributed by atoms with van der Waals surface area (Å²) in [6, 6.07) is 3.58. The summed E-state index contributed by atoms with van der Waals surface area (Å²) < 4.78 is 14.5. The highest BCUT2D eigenvalue weighted by Crippen LogP contribution is 2.48. The van der Waals surface area contributed by atoms with Crippen molar-refractivity contribution in [1.82, 2.24) is 0 Å². The van der Waals surface area contributed by atoms with E-state index in [4.69, 9.17) is 5.11 Å². The Morgan fingerprint density at radius 3 is 2.68 bits per heavy atom. The third kappa shape index (κ3) is 4.96. The number of hydrogen-bond donors (Lipinski definition) is 2. The molecule has 0 spiro atoms. The fourth-order valence-corrected chi connectivity index (χ4v) is 6.33. The minimum Gasteiger partial charge on any atom is -0.477 e. The molecule has 1 aromatic rings. The second-order valence-electron chi connectivity index (χ2n) is 9.00. The van der Waals surface area contributed by atoms with Gasteiger partial charge in [-0.25, -0.2) is 9.18 Å². The molecule has 0 amide bonds. The maximum Gasteiger partial charge on any atom is 0.345 e. The molecule has 1 heterocycles. The average Bonchev–Trinajstić information content (AvgIpc) is 3.23. The molecule has 2 aliphatic rings. The number of alkyl halides is 1. The molecule has 0 bridgehead atoms. The number of carbonyl (C=O) groups is 1. The first-order valence-corrected chi connectivity index (χ1v) is 11.9. The van der Waals surface area contributed by atoms with Crippen LogP contribution >= 0.6 is 11.3 Å². The molecule has 1 unspecified atom stereocenters. The van der Waals surface area contributed by atoms with Crippen molar-refractivity contribution in [3.63, 3.8) is 0 Å². The van der Waals surface area contributed by atoms with Crippen LogP contribution in [0.3, 0.4) is 0 Å². The van der Waals surface area contributed by atoms with Gasteiger partial charge < -0.3 is 10.2 Å². The van der Waals surface area contributed by atoms with Crippen molar-refractivity contribution in [2.24, 2.45) is 17.3 Å². The number of carboxylic acid groups (broad SMARTS) is 1. The van der Waals surface area contributed by atoms with Crippen molar-refractivity contribution in [1.29, 1.82) is 0 Å². The van der Waals surface area contributed by atoms with Crippen molar-refractivity contribution >= 4 is 17.3 Å². The van der Waals surface area contributed by atoms with Gasteiger partial charge in [0, 0.05) is 4.88 Å². The number of aliphatic hydroxyl groups excluding tert-OH is 1. The highest BCUT2D eigenvalue weighted by atomic mass is 32.1. The van der Waals surface area contributed by atoms with E-state index in [1.54, 1.807) is 6.07 Å². The van der Waals surface area contributed by atoms with Crippen LogP contribution in [-0.2, 0) is 6.42 Å². The largest absolute Gasteiger partial charge is 0.477 e. The first-order chi connectivity index (χ1) is 13.4. The molecule has 4 atom stereocenters. The molecular weight excluding hydrogens is 375 g/mol. The molecule has 3 nitrogen and oxygen atoms in total. The third-order valence-electron chi connectivity index (χ3n) is 7.53. The van der Waals surface area contributed by atoms with E-state index in [1.807, 2.05) is 6.07 Å². The van der Waals surface area contributed by atoms with Crippen molar-refractivity contribution in [2.75, 3.05) is 0 Å². The molecule has 0 aliphatic heterocycles. The molecule has 1 aromatic heterocycles. The minimum absolute atomic E-state index is 0.143. The Hall–Kier alpha value is -0.940. The van der Waals surface area contributed by atoms with Crippen LogP contribution in [0.4, 0.5) is 4.39 Å². The summed E-state index contributed by atoms with van der Waals surface area (Å²) in [5, 5.41) is 19.6. The highest BCUT2D eigenvalue weighted by Gasteiger charge is 2.41. The van der Waals surface area contributed by atoms with Gasteiger partial charge >= 0.3 is 5.97 Å². The molecule has 3 rings (SSSR count). The van der Waals surface area contributed by atoms with Crippen LogP contribution in [0.1, 0.15) is 92.1 Å². The number of aromatic carboxylic acids is 1. The number of thiophene rings is 1. The summed E-state index contributed by atoms with van der Waals surface area (Å²) in [5.41, 5.74) is 0.152. The van der Waals surface area contributed by atoms with Gasteiger partial charge in [-0.15, -0.1) is 11.3 Å². The molecule has 2 N–H and O–H groups in total. The summed E-state index contributed by atoms with van der Waals surface area (Å²) in [7, 11) is 0. The number of aliphatic hydroxyl groups is 1. The zero-order valence-electron chi connectivity index (χ0n) is 17.0. The monoisotopic (exact) mass is 410 g/mol. The zero-order chi connectivity index (χ0) is 20.1. The topological polar surface area (TPSA) is 57.5 Å². The highest BCUT2D eigenvalue weighted by molar-refractivity contribution is 7.13. The number of halogens is 1. The lowest BCUT2D eigenvalue weighted by molar-refractivity contribution is -0.0440. The fraction of sp³-hybridized carbons (Fsp3) is 0.783. The number of hydrogen-bond acceptors (Lipinski definition) is 3. The Balaban J connectivity index is 1.41. The molecule has 158 valence electrons. The molecule has 5 heteroatoms. The predicted octanol–water partition coefficient (Wildman–Crippen LogP) is 6.24. The minimum atomic E-state index is -0.860. The van der Waals surface area contributed by atoms with E-state index in [1.165, 1.54) is 17.8 Å². The van der Waals surface area contributed by atoms with Gasteiger partial charge in [0.25, 0.3) is 0 Å². The van der Waals surface area contributed by atoms with Gasteiger partial charge in [-0.1, -0.05) is 19.8 Å². The van der Waals surface area contributed by atoms with E-state index in [2.05, 4.69) is 6.92 Å². The zero-order valence-corrected chi connectivity index (χ0v) is 17.9. The molecule has 2 saturated carbocycles. The van der Waals surface area contributed by atoms with Gasteiger partial charge in [0.1, 0.15) is 11.0 Å². The number of aryl methyl sites for hydroxylation is 1. The number of rotatable bonds is 11. The Morgan fingerprint density at radius 1 is 1.29 bits per heavy atom. The van der Waals surface area contributed by atoms with Crippen molar-refractivity contribution < 1.29 is 19.4 Å². The van der Waals surface area contributed by atoms with E-state index < -0.39 is 12.1 Å². The Bertz CT molecular complexity index is 634. The maximum absolute atomic E-state index is 14.5. The molecular formula is C23H35FO3S. The summed E-state index contributed by atoms with van der Waals surface area (Å²) >= 11 is 1.35. The summed E-state index contributed by atoms with van der Waals surface area (Å²) in [4.78, 5) is 12.5. The summed E-state index contributed by atoms with van der Waals surface area (Å²) in [6.07, 6.45) is 10.9. The van der Waals surface area contributed by atoms with Crippen LogP contribution < -0.4 is 0 Å². The standard InChI is InChI=1S/C23H35FO3S/c1-2-23(14-5-15-23)21(25)9-4-8-18-16(10-12-19(18)24)6-3-7-17-11-13-20(28-17)22(26)27/h11,13,16,18-19,21,25H,2-10,12,14-15H2,1H3,(H,26,27)/t16-,18+,19-,21?/m0/s1. The summed E-state index contributed by atoms with van der Waals surface area (Å²) in [6.45, 7) is 2.18. The van der Waals surface area contributed by atoms with E-state index >= 15 is 0 Å². The molecule has 0 radical (unpaired) electrons. The van der Waals surface area contributed by atoms with Crippen molar-refractivity contribution in [3.8, 4) is 0 Å².